The predicted octanol–water partition coefficient (Wildman–Crippen LogP) is 2.69. The minimum absolute atomic E-state index is 0.373. The highest BCUT2D eigenvalue weighted by molar-refractivity contribution is 5.20. The molecule has 19 heavy (non-hydrogen) atoms. The molecule has 1 rings (SSSR count). The molecule has 0 amide bonds. The molecule has 2 atom stereocenters. The van der Waals surface area contributed by atoms with Gasteiger partial charge in [-0.3, -0.25) is 4.90 Å². The Morgan fingerprint density at radius 1 is 1.21 bits per heavy atom. The molecular weight excluding hydrogens is 236 g/mol. The molecule has 0 aromatic heterocycles. The molecule has 0 aliphatic heterocycles. The first-order valence-corrected chi connectivity index (χ1v) is 7.22. The quantitative estimate of drug-likeness (QED) is 0.742. The summed E-state index contributed by atoms with van der Waals surface area (Å²) in [6.07, 6.45) is 1.12. The molecule has 0 saturated carbocycles. The number of rotatable bonds is 9. The fourth-order valence-electron chi connectivity index (χ4n) is 2.56. The Bertz CT molecular complexity index is 329. The van der Waals surface area contributed by atoms with E-state index in [9.17, 15) is 0 Å². The lowest BCUT2D eigenvalue weighted by molar-refractivity contribution is 0.120. The molecule has 0 aliphatic carbocycles. The van der Waals surface area contributed by atoms with Gasteiger partial charge in [0.05, 0.1) is 6.61 Å². The first-order chi connectivity index (χ1) is 9.24. The van der Waals surface area contributed by atoms with Crippen LogP contribution in [0, 0.1) is 0 Å². The van der Waals surface area contributed by atoms with E-state index >= 15 is 0 Å². The van der Waals surface area contributed by atoms with Gasteiger partial charge in [-0.25, -0.2) is 0 Å². The topological polar surface area (TPSA) is 24.5 Å². The Morgan fingerprint density at radius 2 is 1.89 bits per heavy atom. The van der Waals surface area contributed by atoms with Gasteiger partial charge in [0.15, 0.2) is 0 Å². The van der Waals surface area contributed by atoms with Crippen molar-refractivity contribution in [2.24, 2.45) is 0 Å². The maximum absolute atomic E-state index is 5.19. The van der Waals surface area contributed by atoms with Gasteiger partial charge in [-0.15, -0.1) is 0 Å². The van der Waals surface area contributed by atoms with Gasteiger partial charge in [-0.05, 0) is 25.6 Å². The van der Waals surface area contributed by atoms with E-state index in [0.29, 0.717) is 12.1 Å². The molecule has 0 heterocycles. The van der Waals surface area contributed by atoms with Gasteiger partial charge in [0.25, 0.3) is 0 Å². The zero-order chi connectivity index (χ0) is 14.1. The van der Waals surface area contributed by atoms with Crippen LogP contribution in [0.3, 0.4) is 0 Å². The molecular formula is C16H28N2O. The number of nitrogens with zero attached hydrogens (tertiary/aromatic N) is 1. The minimum atomic E-state index is 0.373. The number of hydrogen-bond acceptors (Lipinski definition) is 3. The number of ether oxygens (including phenoxy) is 1. The third kappa shape index (κ3) is 4.94. The Labute approximate surface area is 118 Å². The van der Waals surface area contributed by atoms with Gasteiger partial charge in [0, 0.05) is 25.7 Å². The molecule has 0 radical (unpaired) electrons. The lowest BCUT2D eigenvalue weighted by Crippen LogP contribution is -2.43. The average Bonchev–Trinajstić information content (AvgIpc) is 2.46. The molecule has 3 heteroatoms. The molecule has 1 aromatic carbocycles. The maximum atomic E-state index is 5.19. The highest BCUT2D eigenvalue weighted by Gasteiger charge is 2.24. The van der Waals surface area contributed by atoms with Crippen molar-refractivity contribution in [3.8, 4) is 0 Å². The fraction of sp³-hybridized carbons (Fsp3) is 0.625. The molecule has 1 N–H and O–H groups in total. The van der Waals surface area contributed by atoms with Gasteiger partial charge in [0.1, 0.15) is 0 Å². The summed E-state index contributed by atoms with van der Waals surface area (Å²) < 4.78 is 5.19. The van der Waals surface area contributed by atoms with Crippen LogP contribution in [0.25, 0.3) is 0 Å². The van der Waals surface area contributed by atoms with Gasteiger partial charge in [0.2, 0.25) is 0 Å². The van der Waals surface area contributed by atoms with Crippen molar-refractivity contribution in [1.82, 2.24) is 10.2 Å². The molecule has 0 bridgehead atoms. The van der Waals surface area contributed by atoms with Gasteiger partial charge >= 0.3 is 0 Å². The average molecular weight is 264 g/mol. The lowest BCUT2D eigenvalue weighted by atomic mass is 9.96. The first-order valence-electron chi connectivity index (χ1n) is 7.22. The van der Waals surface area contributed by atoms with Crippen LogP contribution in [0.2, 0.25) is 0 Å². The van der Waals surface area contributed by atoms with E-state index in [1.807, 2.05) is 0 Å². The zero-order valence-electron chi connectivity index (χ0n) is 12.7. The van der Waals surface area contributed by atoms with E-state index in [1.54, 1.807) is 7.11 Å². The van der Waals surface area contributed by atoms with Gasteiger partial charge in [-0.2, -0.15) is 0 Å². The van der Waals surface area contributed by atoms with Crippen LogP contribution in [-0.4, -0.2) is 44.8 Å². The Kier molecular flexibility index (Phi) is 7.72. The van der Waals surface area contributed by atoms with E-state index in [4.69, 9.17) is 4.74 Å². The highest BCUT2D eigenvalue weighted by atomic mass is 16.5. The van der Waals surface area contributed by atoms with Crippen LogP contribution in [0.4, 0.5) is 0 Å². The van der Waals surface area contributed by atoms with Crippen molar-refractivity contribution in [3.63, 3.8) is 0 Å². The van der Waals surface area contributed by atoms with Crippen molar-refractivity contribution in [1.29, 1.82) is 0 Å². The van der Waals surface area contributed by atoms with E-state index in [2.05, 4.69) is 61.4 Å². The molecule has 1 aromatic rings. The van der Waals surface area contributed by atoms with E-state index < -0.39 is 0 Å². The zero-order valence-corrected chi connectivity index (χ0v) is 12.7. The summed E-state index contributed by atoms with van der Waals surface area (Å²) in [6, 6.07) is 11.6. The highest BCUT2D eigenvalue weighted by Crippen LogP contribution is 2.22. The smallest absolute Gasteiger partial charge is 0.0589 e. The number of methoxy groups -OCH3 is 1. The third-order valence-corrected chi connectivity index (χ3v) is 3.60. The van der Waals surface area contributed by atoms with Crippen molar-refractivity contribution in [2.45, 2.75) is 32.4 Å². The van der Waals surface area contributed by atoms with Crippen LogP contribution < -0.4 is 5.32 Å². The van der Waals surface area contributed by atoms with Crippen molar-refractivity contribution in [2.75, 3.05) is 33.9 Å². The molecule has 0 spiro atoms. The van der Waals surface area contributed by atoms with Crippen LogP contribution >= 0.6 is 0 Å². The van der Waals surface area contributed by atoms with Crippen molar-refractivity contribution in [3.05, 3.63) is 35.9 Å². The monoisotopic (exact) mass is 264 g/mol. The van der Waals surface area contributed by atoms with E-state index in [0.717, 1.165) is 26.1 Å². The summed E-state index contributed by atoms with van der Waals surface area (Å²) in [5.74, 6) is 0. The Balaban J connectivity index is 2.82. The lowest BCUT2D eigenvalue weighted by Gasteiger charge is -2.34. The number of likely N-dealkylation sites (N-methyl/N-ethyl adjacent to an activating group) is 2. The third-order valence-electron chi connectivity index (χ3n) is 3.60. The van der Waals surface area contributed by atoms with Gasteiger partial charge in [-0.1, -0.05) is 44.2 Å². The van der Waals surface area contributed by atoms with E-state index in [1.165, 1.54) is 5.56 Å². The normalized spacial score (nSPS) is 14.6. The molecule has 0 fully saturated rings. The fourth-order valence-corrected chi connectivity index (χ4v) is 2.56. The van der Waals surface area contributed by atoms with Gasteiger partial charge < -0.3 is 10.1 Å². The SMILES string of the molecule is CCNC(c1ccccc1)C(CC)N(C)CCOC. The largest absolute Gasteiger partial charge is 0.383 e. The summed E-state index contributed by atoms with van der Waals surface area (Å²) in [5, 5.41) is 3.62. The predicted molar refractivity (Wildman–Crippen MR) is 81.4 cm³/mol. The Hall–Kier alpha value is -0.900. The molecule has 108 valence electrons. The second kappa shape index (κ2) is 9.08. The van der Waals surface area contributed by atoms with Crippen molar-refractivity contribution >= 4 is 0 Å². The Morgan fingerprint density at radius 3 is 2.42 bits per heavy atom. The summed E-state index contributed by atoms with van der Waals surface area (Å²) >= 11 is 0. The summed E-state index contributed by atoms with van der Waals surface area (Å²) in [7, 11) is 3.94. The van der Waals surface area contributed by atoms with Crippen LogP contribution in [0.5, 0.6) is 0 Å². The first kappa shape index (κ1) is 16.2. The van der Waals surface area contributed by atoms with Crippen molar-refractivity contribution < 1.29 is 4.74 Å². The number of hydrogen-bond donors (Lipinski definition) is 1. The number of nitrogens with one attached hydrogen (secondary N) is 1. The second-order valence-corrected chi connectivity index (χ2v) is 4.90. The molecule has 0 aliphatic rings. The van der Waals surface area contributed by atoms with E-state index in [-0.39, 0.29) is 0 Å². The second-order valence-electron chi connectivity index (χ2n) is 4.90. The standard InChI is InChI=1S/C16H28N2O/c1-5-15(18(3)12-13-19-4)16(17-6-2)14-10-8-7-9-11-14/h7-11,15-17H,5-6,12-13H2,1-4H3. The molecule has 3 nitrogen and oxygen atoms in total. The van der Waals surface area contributed by atoms with Crippen LogP contribution in [0.1, 0.15) is 31.9 Å². The summed E-state index contributed by atoms with van der Waals surface area (Å²) in [5.41, 5.74) is 1.36. The van der Waals surface area contributed by atoms with Crippen LogP contribution in [0.15, 0.2) is 30.3 Å². The minimum Gasteiger partial charge on any atom is -0.383 e. The maximum Gasteiger partial charge on any atom is 0.0589 e. The summed E-state index contributed by atoms with van der Waals surface area (Å²) in [6.45, 7) is 7.14. The molecule has 2 unspecified atom stereocenters. The van der Waals surface area contributed by atoms with Crippen LogP contribution in [-0.2, 0) is 4.74 Å². The number of benzene rings is 1. The summed E-state index contributed by atoms with van der Waals surface area (Å²) in [4.78, 5) is 2.39. The molecule has 0 saturated heterocycles.